The van der Waals surface area contributed by atoms with E-state index in [9.17, 15) is 20.1 Å². The second kappa shape index (κ2) is 6.29. The van der Waals surface area contributed by atoms with Crippen molar-refractivity contribution >= 4 is 5.78 Å². The summed E-state index contributed by atoms with van der Waals surface area (Å²) in [4.78, 5) is 12.0. The van der Waals surface area contributed by atoms with E-state index in [1.165, 1.54) is 0 Å². The van der Waals surface area contributed by atoms with Crippen molar-refractivity contribution in [1.82, 2.24) is 0 Å². The molecule has 0 bridgehead atoms. The molecule has 2 unspecified atom stereocenters. The van der Waals surface area contributed by atoms with Gasteiger partial charge in [0.1, 0.15) is 30.2 Å². The molecule has 120 valence electrons. The fourth-order valence-electron chi connectivity index (χ4n) is 2.33. The summed E-state index contributed by atoms with van der Waals surface area (Å²) in [5, 5.41) is 38.3. The molecule has 0 spiro atoms. The summed E-state index contributed by atoms with van der Waals surface area (Å²) < 4.78 is 15.8. The van der Waals surface area contributed by atoms with E-state index in [-0.39, 0.29) is 17.3 Å². The first-order valence-electron chi connectivity index (χ1n) is 6.79. The lowest BCUT2D eigenvalue weighted by Gasteiger charge is -2.39. The summed E-state index contributed by atoms with van der Waals surface area (Å²) in [5.74, 6) is -0.179. The number of hydrogen-bond donors (Lipinski definition) is 4. The number of carbonyl (C=O) groups excluding carboxylic acids is 1. The molecule has 21 heavy (non-hydrogen) atoms. The van der Waals surface area contributed by atoms with E-state index in [0.717, 1.165) is 0 Å². The molecule has 2 heterocycles. The van der Waals surface area contributed by atoms with Gasteiger partial charge >= 0.3 is 0 Å². The topological polar surface area (TPSA) is 126 Å². The van der Waals surface area contributed by atoms with Crippen molar-refractivity contribution < 1.29 is 39.4 Å². The van der Waals surface area contributed by atoms with Crippen molar-refractivity contribution in [1.29, 1.82) is 0 Å². The quantitative estimate of drug-likeness (QED) is 0.490. The third kappa shape index (κ3) is 2.90. The number of ether oxygens (including phenoxy) is 3. The van der Waals surface area contributed by atoms with Crippen molar-refractivity contribution in [2.75, 3.05) is 6.61 Å². The summed E-state index contributed by atoms with van der Waals surface area (Å²) in [5.41, 5.74) is 0. The minimum absolute atomic E-state index is 0.0776. The van der Waals surface area contributed by atoms with E-state index in [1.807, 2.05) is 0 Å². The van der Waals surface area contributed by atoms with Gasteiger partial charge in [0.15, 0.2) is 6.10 Å². The Balaban J connectivity index is 2.12. The molecule has 0 aromatic carbocycles. The van der Waals surface area contributed by atoms with Crippen molar-refractivity contribution in [3.05, 3.63) is 11.5 Å². The van der Waals surface area contributed by atoms with E-state index in [0.29, 0.717) is 6.42 Å². The molecule has 0 aromatic rings. The number of rotatable bonds is 4. The average Bonchev–Trinajstić information content (AvgIpc) is 2.74. The van der Waals surface area contributed by atoms with Gasteiger partial charge in [-0.2, -0.15) is 0 Å². The molecule has 0 radical (unpaired) electrons. The predicted molar refractivity (Wildman–Crippen MR) is 67.7 cm³/mol. The molecule has 2 rings (SSSR count). The van der Waals surface area contributed by atoms with Crippen LogP contribution in [-0.2, 0) is 19.0 Å². The van der Waals surface area contributed by atoms with Gasteiger partial charge in [-0.1, -0.05) is 6.92 Å². The summed E-state index contributed by atoms with van der Waals surface area (Å²) in [7, 11) is 0. The molecule has 4 N–H and O–H groups in total. The number of aliphatic hydroxyl groups is 4. The zero-order chi connectivity index (χ0) is 15.7. The molecule has 0 aliphatic carbocycles. The summed E-state index contributed by atoms with van der Waals surface area (Å²) in [6.07, 6.45) is -7.22. The van der Waals surface area contributed by atoms with E-state index < -0.39 is 43.4 Å². The molecular weight excluding hydrogens is 284 g/mol. The van der Waals surface area contributed by atoms with Crippen LogP contribution in [0.15, 0.2) is 11.5 Å². The summed E-state index contributed by atoms with van der Waals surface area (Å²) in [6.45, 7) is 2.77. The first-order chi connectivity index (χ1) is 9.90. The van der Waals surface area contributed by atoms with Crippen molar-refractivity contribution in [2.24, 2.45) is 0 Å². The monoisotopic (exact) mass is 304 g/mol. The highest BCUT2D eigenvalue weighted by Crippen LogP contribution is 2.29. The van der Waals surface area contributed by atoms with Crippen LogP contribution in [0.4, 0.5) is 0 Å². The van der Waals surface area contributed by atoms with Crippen LogP contribution in [0.2, 0.25) is 0 Å². The highest BCUT2D eigenvalue weighted by molar-refractivity contribution is 5.99. The standard InChI is InChI=1S/C13H20O8/c1-3-6-9(16)12(5(2)19-6)21-13-11(18)10(17)8(15)7(4-14)20-13/h6-8,10-11,13-15,17-18H,3-4H2,1-2H3/t6?,7?,8-,10+,11-,13-/m1/s1. The third-order valence-electron chi connectivity index (χ3n) is 3.61. The van der Waals surface area contributed by atoms with Crippen molar-refractivity contribution in [3.8, 4) is 0 Å². The Morgan fingerprint density at radius 3 is 2.38 bits per heavy atom. The van der Waals surface area contributed by atoms with E-state index >= 15 is 0 Å². The smallest absolute Gasteiger partial charge is 0.241 e. The van der Waals surface area contributed by atoms with E-state index in [4.69, 9.17) is 19.3 Å². The largest absolute Gasteiger partial charge is 0.483 e. The van der Waals surface area contributed by atoms with Gasteiger partial charge in [0.05, 0.1) is 6.61 Å². The third-order valence-corrected chi connectivity index (χ3v) is 3.61. The van der Waals surface area contributed by atoms with Gasteiger partial charge in [-0.15, -0.1) is 0 Å². The van der Waals surface area contributed by atoms with Gasteiger partial charge in [-0.25, -0.2) is 0 Å². The normalized spacial score (nSPS) is 40.4. The van der Waals surface area contributed by atoms with Crippen LogP contribution < -0.4 is 0 Å². The average molecular weight is 304 g/mol. The number of ketones is 1. The SMILES string of the molecule is CCC1OC(C)=C(O[C@H]2OC(CO)[C@@H](O)[C@H](O)[C@H]2O)C1=O. The van der Waals surface area contributed by atoms with Gasteiger partial charge in [-0.3, -0.25) is 4.79 Å². The highest BCUT2D eigenvalue weighted by Gasteiger charge is 2.46. The van der Waals surface area contributed by atoms with Crippen LogP contribution in [0.3, 0.4) is 0 Å². The number of hydrogen-bond acceptors (Lipinski definition) is 8. The molecule has 0 amide bonds. The Labute approximate surface area is 121 Å². The molecule has 6 atom stereocenters. The van der Waals surface area contributed by atoms with Crippen LogP contribution in [0, 0.1) is 0 Å². The van der Waals surface area contributed by atoms with Crippen LogP contribution in [0.5, 0.6) is 0 Å². The summed E-state index contributed by atoms with van der Waals surface area (Å²) in [6, 6.07) is 0. The Hall–Kier alpha value is -1.19. The number of Topliss-reactive ketones (excluding diaryl/α,β-unsaturated/α-hetero) is 1. The van der Waals surface area contributed by atoms with Gasteiger partial charge in [0, 0.05) is 0 Å². The zero-order valence-electron chi connectivity index (χ0n) is 11.8. The molecular formula is C13H20O8. The van der Waals surface area contributed by atoms with Gasteiger partial charge in [-0.05, 0) is 13.3 Å². The maximum atomic E-state index is 12.0. The lowest BCUT2D eigenvalue weighted by molar-refractivity contribution is -0.290. The van der Waals surface area contributed by atoms with E-state index in [2.05, 4.69) is 0 Å². The molecule has 2 aliphatic heterocycles. The Morgan fingerprint density at radius 2 is 1.86 bits per heavy atom. The van der Waals surface area contributed by atoms with Crippen LogP contribution in [0.1, 0.15) is 20.3 Å². The van der Waals surface area contributed by atoms with Gasteiger partial charge in [0.25, 0.3) is 0 Å². The minimum atomic E-state index is -1.56. The molecule has 2 aliphatic rings. The molecule has 0 aromatic heterocycles. The van der Waals surface area contributed by atoms with Gasteiger partial charge in [0.2, 0.25) is 17.8 Å². The molecule has 8 heteroatoms. The summed E-state index contributed by atoms with van der Waals surface area (Å²) >= 11 is 0. The fraction of sp³-hybridized carbons (Fsp3) is 0.769. The first-order valence-corrected chi connectivity index (χ1v) is 6.79. The molecule has 0 saturated carbocycles. The first kappa shape index (κ1) is 16.2. The second-order valence-electron chi connectivity index (χ2n) is 5.08. The lowest BCUT2D eigenvalue weighted by Crippen LogP contribution is -2.59. The number of allylic oxidation sites excluding steroid dienone is 1. The highest BCUT2D eigenvalue weighted by atomic mass is 16.7. The van der Waals surface area contributed by atoms with E-state index in [1.54, 1.807) is 13.8 Å². The maximum Gasteiger partial charge on any atom is 0.241 e. The second-order valence-corrected chi connectivity index (χ2v) is 5.08. The van der Waals surface area contributed by atoms with Gasteiger partial charge < -0.3 is 34.6 Å². The van der Waals surface area contributed by atoms with Crippen LogP contribution in [0.25, 0.3) is 0 Å². The van der Waals surface area contributed by atoms with Crippen LogP contribution >= 0.6 is 0 Å². The molecule has 1 saturated heterocycles. The fourth-order valence-corrected chi connectivity index (χ4v) is 2.33. The van der Waals surface area contributed by atoms with Crippen molar-refractivity contribution in [3.63, 3.8) is 0 Å². The van der Waals surface area contributed by atoms with Crippen LogP contribution in [-0.4, -0.2) is 69.6 Å². The zero-order valence-corrected chi connectivity index (χ0v) is 11.8. The lowest BCUT2D eigenvalue weighted by atomic mass is 9.99. The maximum absolute atomic E-state index is 12.0. The molecule has 1 fully saturated rings. The Morgan fingerprint density at radius 1 is 1.19 bits per heavy atom. The molecule has 8 nitrogen and oxygen atoms in total. The van der Waals surface area contributed by atoms with Crippen molar-refractivity contribution in [2.45, 2.75) is 57.1 Å². The Bertz CT molecular complexity index is 432. The number of carbonyl (C=O) groups is 1. The minimum Gasteiger partial charge on any atom is -0.483 e. The Kier molecular flexibility index (Phi) is 4.84. The number of aliphatic hydroxyl groups excluding tert-OH is 4. The predicted octanol–water partition coefficient (Wildman–Crippen LogP) is -1.59.